The number of nitrogens with one attached hydrogen (secondary N) is 1. The van der Waals surface area contributed by atoms with E-state index in [0.717, 1.165) is 11.1 Å². The van der Waals surface area contributed by atoms with E-state index in [2.05, 4.69) is 4.98 Å². The van der Waals surface area contributed by atoms with Crippen LogP contribution in [0.3, 0.4) is 0 Å². The molecule has 0 aliphatic rings. The number of halogens is 2. The number of aromatic amines is 1. The van der Waals surface area contributed by atoms with Crippen molar-refractivity contribution in [2.24, 2.45) is 0 Å². The first-order chi connectivity index (χ1) is 7.27. The minimum atomic E-state index is 0.661. The highest BCUT2D eigenvalue weighted by Gasteiger charge is 2.00. The molecule has 1 nitrogen and oxygen atoms in total. The van der Waals surface area contributed by atoms with Crippen molar-refractivity contribution in [1.82, 2.24) is 4.98 Å². The summed E-state index contributed by atoms with van der Waals surface area (Å²) in [6, 6.07) is 7.45. The predicted molar refractivity (Wildman–Crippen MR) is 66.2 cm³/mol. The van der Waals surface area contributed by atoms with Gasteiger partial charge in [-0.05, 0) is 23.8 Å². The van der Waals surface area contributed by atoms with Gasteiger partial charge in [-0.1, -0.05) is 41.4 Å². The first kappa shape index (κ1) is 10.3. The van der Waals surface area contributed by atoms with E-state index in [1.165, 1.54) is 0 Å². The van der Waals surface area contributed by atoms with Crippen molar-refractivity contribution in [3.05, 3.63) is 57.8 Å². The van der Waals surface area contributed by atoms with E-state index in [1.807, 2.05) is 48.8 Å². The van der Waals surface area contributed by atoms with E-state index in [9.17, 15) is 0 Å². The lowest BCUT2D eigenvalue weighted by Gasteiger charge is -1.99. The van der Waals surface area contributed by atoms with Crippen LogP contribution >= 0.6 is 23.2 Å². The Balaban J connectivity index is 2.32. The van der Waals surface area contributed by atoms with Gasteiger partial charge in [-0.15, -0.1) is 0 Å². The summed E-state index contributed by atoms with van der Waals surface area (Å²) in [7, 11) is 0. The molecule has 0 aliphatic carbocycles. The van der Waals surface area contributed by atoms with E-state index in [4.69, 9.17) is 23.2 Å². The summed E-state index contributed by atoms with van der Waals surface area (Å²) >= 11 is 12.1. The Hall–Kier alpha value is -1.18. The minimum absolute atomic E-state index is 0.661. The fourth-order valence-corrected chi connectivity index (χ4v) is 1.81. The zero-order valence-corrected chi connectivity index (χ0v) is 9.39. The largest absolute Gasteiger partial charge is 0.367 e. The summed E-state index contributed by atoms with van der Waals surface area (Å²) in [5.74, 6) is 0. The third kappa shape index (κ3) is 2.44. The van der Waals surface area contributed by atoms with Crippen LogP contribution in [0.15, 0.2) is 36.7 Å². The molecule has 0 saturated heterocycles. The molecule has 0 bridgehead atoms. The zero-order chi connectivity index (χ0) is 10.7. The molecule has 0 atom stereocenters. The second kappa shape index (κ2) is 4.56. The molecule has 0 amide bonds. The van der Waals surface area contributed by atoms with Crippen molar-refractivity contribution in [1.29, 1.82) is 0 Å². The molecule has 1 aromatic carbocycles. The van der Waals surface area contributed by atoms with Crippen molar-refractivity contribution in [2.45, 2.75) is 0 Å². The van der Waals surface area contributed by atoms with Crippen LogP contribution in [0.25, 0.3) is 12.2 Å². The standard InChI is InChI=1S/C12H9Cl2N/c13-11-2-1-3-12(14)10(11)5-4-9-6-7-15-8-9/h1-8,15H. The fraction of sp³-hybridized carbons (Fsp3) is 0. The first-order valence-electron chi connectivity index (χ1n) is 4.52. The summed E-state index contributed by atoms with van der Waals surface area (Å²) in [6.07, 6.45) is 7.65. The van der Waals surface area contributed by atoms with Gasteiger partial charge in [0, 0.05) is 28.0 Å². The Labute approximate surface area is 98.3 Å². The van der Waals surface area contributed by atoms with Crippen molar-refractivity contribution in [3.63, 3.8) is 0 Å². The molecule has 1 heterocycles. The maximum absolute atomic E-state index is 6.03. The van der Waals surface area contributed by atoms with Gasteiger partial charge in [0.25, 0.3) is 0 Å². The molecular weight excluding hydrogens is 229 g/mol. The van der Waals surface area contributed by atoms with Crippen LogP contribution in [-0.2, 0) is 0 Å². The number of hydrogen-bond donors (Lipinski definition) is 1. The van der Waals surface area contributed by atoms with Crippen LogP contribution in [0.1, 0.15) is 11.1 Å². The number of hydrogen-bond acceptors (Lipinski definition) is 0. The third-order valence-electron chi connectivity index (χ3n) is 2.06. The minimum Gasteiger partial charge on any atom is -0.367 e. The van der Waals surface area contributed by atoms with Crippen LogP contribution in [0.5, 0.6) is 0 Å². The molecule has 0 spiro atoms. The number of aromatic nitrogens is 1. The molecule has 0 fully saturated rings. The molecular formula is C12H9Cl2N. The van der Waals surface area contributed by atoms with Gasteiger partial charge in [-0.2, -0.15) is 0 Å². The van der Waals surface area contributed by atoms with Gasteiger partial charge in [-0.3, -0.25) is 0 Å². The summed E-state index contributed by atoms with van der Waals surface area (Å²) in [5.41, 5.74) is 1.94. The topological polar surface area (TPSA) is 15.8 Å². The SMILES string of the molecule is Clc1cccc(Cl)c1C=Cc1cc[nH]c1. The molecule has 15 heavy (non-hydrogen) atoms. The van der Waals surface area contributed by atoms with Crippen molar-refractivity contribution in [3.8, 4) is 0 Å². The summed E-state index contributed by atoms with van der Waals surface area (Å²) in [4.78, 5) is 2.98. The Bertz CT molecular complexity index is 452. The molecule has 1 aromatic heterocycles. The average molecular weight is 238 g/mol. The second-order valence-corrected chi connectivity index (χ2v) is 3.93. The van der Waals surface area contributed by atoms with E-state index in [-0.39, 0.29) is 0 Å². The predicted octanol–water partition coefficient (Wildman–Crippen LogP) is 4.49. The van der Waals surface area contributed by atoms with Crippen molar-refractivity contribution >= 4 is 35.4 Å². The zero-order valence-electron chi connectivity index (χ0n) is 7.87. The van der Waals surface area contributed by atoms with Gasteiger partial charge in [0.15, 0.2) is 0 Å². The van der Waals surface area contributed by atoms with E-state index in [1.54, 1.807) is 0 Å². The fourth-order valence-electron chi connectivity index (χ4n) is 1.29. The Morgan fingerprint density at radius 1 is 1.00 bits per heavy atom. The first-order valence-corrected chi connectivity index (χ1v) is 5.28. The smallest absolute Gasteiger partial charge is 0.0493 e. The molecule has 3 heteroatoms. The van der Waals surface area contributed by atoms with Crippen LogP contribution in [-0.4, -0.2) is 4.98 Å². The average Bonchev–Trinajstić information content (AvgIpc) is 2.70. The van der Waals surface area contributed by atoms with Crippen LogP contribution in [0.2, 0.25) is 10.0 Å². The van der Waals surface area contributed by atoms with E-state index < -0.39 is 0 Å². The van der Waals surface area contributed by atoms with Gasteiger partial charge in [0.2, 0.25) is 0 Å². The molecule has 0 radical (unpaired) electrons. The van der Waals surface area contributed by atoms with Crippen LogP contribution < -0.4 is 0 Å². The number of benzene rings is 1. The van der Waals surface area contributed by atoms with E-state index in [0.29, 0.717) is 10.0 Å². The number of H-pyrrole nitrogens is 1. The quantitative estimate of drug-likeness (QED) is 0.793. The molecule has 0 saturated carbocycles. The van der Waals surface area contributed by atoms with Crippen LogP contribution in [0, 0.1) is 0 Å². The highest BCUT2D eigenvalue weighted by molar-refractivity contribution is 6.37. The Morgan fingerprint density at radius 2 is 1.73 bits per heavy atom. The normalized spacial score (nSPS) is 11.1. The molecule has 76 valence electrons. The third-order valence-corrected chi connectivity index (χ3v) is 2.72. The van der Waals surface area contributed by atoms with E-state index >= 15 is 0 Å². The van der Waals surface area contributed by atoms with Gasteiger partial charge >= 0.3 is 0 Å². The van der Waals surface area contributed by atoms with Crippen molar-refractivity contribution < 1.29 is 0 Å². The van der Waals surface area contributed by atoms with Crippen LogP contribution in [0.4, 0.5) is 0 Å². The Morgan fingerprint density at radius 3 is 2.33 bits per heavy atom. The molecule has 2 rings (SSSR count). The lowest BCUT2D eigenvalue weighted by molar-refractivity contribution is 1.41. The Kier molecular flexibility index (Phi) is 3.14. The summed E-state index contributed by atoms with van der Waals surface area (Å²) in [6.45, 7) is 0. The highest BCUT2D eigenvalue weighted by atomic mass is 35.5. The second-order valence-electron chi connectivity index (χ2n) is 3.11. The maximum Gasteiger partial charge on any atom is 0.0493 e. The van der Waals surface area contributed by atoms with Gasteiger partial charge in [0.05, 0.1) is 0 Å². The number of rotatable bonds is 2. The molecule has 0 aliphatic heterocycles. The molecule has 1 N–H and O–H groups in total. The lowest BCUT2D eigenvalue weighted by atomic mass is 10.2. The summed E-state index contributed by atoms with van der Waals surface area (Å²) in [5, 5.41) is 1.32. The van der Waals surface area contributed by atoms with Gasteiger partial charge in [0.1, 0.15) is 0 Å². The highest BCUT2D eigenvalue weighted by Crippen LogP contribution is 2.26. The van der Waals surface area contributed by atoms with Gasteiger partial charge in [-0.25, -0.2) is 0 Å². The van der Waals surface area contributed by atoms with Crippen molar-refractivity contribution in [2.75, 3.05) is 0 Å². The molecule has 2 aromatic rings. The summed E-state index contributed by atoms with van der Waals surface area (Å²) < 4.78 is 0. The lowest BCUT2D eigenvalue weighted by Crippen LogP contribution is -1.76. The van der Waals surface area contributed by atoms with Gasteiger partial charge < -0.3 is 4.98 Å². The molecule has 0 unspecified atom stereocenters. The maximum atomic E-state index is 6.03. The monoisotopic (exact) mass is 237 g/mol.